The van der Waals surface area contributed by atoms with Gasteiger partial charge in [0.1, 0.15) is 6.61 Å². The first kappa shape index (κ1) is 14.4. The molecule has 0 aromatic carbocycles. The summed E-state index contributed by atoms with van der Waals surface area (Å²) in [6, 6.07) is 0. The van der Waals surface area contributed by atoms with E-state index in [1.165, 1.54) is 0 Å². The fourth-order valence-corrected chi connectivity index (χ4v) is 0.834. The van der Waals surface area contributed by atoms with Gasteiger partial charge in [0.2, 0.25) is 0 Å². The van der Waals surface area contributed by atoms with Gasteiger partial charge in [-0.05, 0) is 13.8 Å². The van der Waals surface area contributed by atoms with Crippen molar-refractivity contribution in [1.82, 2.24) is 0 Å². The van der Waals surface area contributed by atoms with Gasteiger partial charge < -0.3 is 14.9 Å². The van der Waals surface area contributed by atoms with Gasteiger partial charge in [-0.2, -0.15) is 0 Å². The molecule has 0 radical (unpaired) electrons. The van der Waals surface area contributed by atoms with E-state index in [1.54, 1.807) is 19.9 Å². The number of aliphatic hydroxyl groups excluding tert-OH is 1. The first-order valence-electron chi connectivity index (χ1n) is 4.77. The Kier molecular flexibility index (Phi) is 6.10. The number of rotatable bonds is 6. The molecule has 0 fully saturated rings. The van der Waals surface area contributed by atoms with Gasteiger partial charge in [-0.3, -0.25) is 0 Å². The van der Waals surface area contributed by atoms with E-state index < -0.39 is 18.0 Å². The molecule has 0 saturated carbocycles. The minimum atomic E-state index is -1.17. The summed E-state index contributed by atoms with van der Waals surface area (Å²) in [4.78, 5) is 21.6. The average molecular weight is 228 g/mol. The molecule has 90 valence electrons. The zero-order valence-electron chi connectivity index (χ0n) is 9.40. The molecule has 5 heteroatoms. The lowest BCUT2D eigenvalue weighted by atomic mass is 10.1. The summed E-state index contributed by atoms with van der Waals surface area (Å²) >= 11 is 0. The van der Waals surface area contributed by atoms with Gasteiger partial charge in [-0.25, -0.2) is 9.59 Å². The van der Waals surface area contributed by atoms with Crippen LogP contribution in [0.15, 0.2) is 23.8 Å². The zero-order chi connectivity index (χ0) is 12.7. The molecule has 0 rings (SSSR count). The van der Waals surface area contributed by atoms with Crippen LogP contribution in [-0.4, -0.2) is 34.9 Å². The van der Waals surface area contributed by atoms with Gasteiger partial charge in [0.05, 0.1) is 6.10 Å². The summed E-state index contributed by atoms with van der Waals surface area (Å²) < 4.78 is 4.75. The predicted molar refractivity (Wildman–Crippen MR) is 57.8 cm³/mol. The minimum absolute atomic E-state index is 0.119. The van der Waals surface area contributed by atoms with Gasteiger partial charge in [-0.1, -0.05) is 12.7 Å². The maximum absolute atomic E-state index is 11.2. The fourth-order valence-electron chi connectivity index (χ4n) is 0.834. The summed E-state index contributed by atoms with van der Waals surface area (Å²) in [7, 11) is 0. The monoisotopic (exact) mass is 228 g/mol. The third-order valence-electron chi connectivity index (χ3n) is 1.95. The molecule has 0 bridgehead atoms. The first-order valence-corrected chi connectivity index (χ1v) is 4.77. The molecule has 0 aromatic heterocycles. The van der Waals surface area contributed by atoms with Crippen molar-refractivity contribution < 1.29 is 24.5 Å². The summed E-state index contributed by atoms with van der Waals surface area (Å²) in [5.41, 5.74) is 0.315. The highest BCUT2D eigenvalue weighted by atomic mass is 16.5. The molecule has 0 amide bonds. The van der Waals surface area contributed by atoms with E-state index in [0.717, 1.165) is 0 Å². The molecule has 5 nitrogen and oxygen atoms in total. The van der Waals surface area contributed by atoms with Crippen LogP contribution in [0.4, 0.5) is 0 Å². The Morgan fingerprint density at radius 1 is 1.50 bits per heavy atom. The van der Waals surface area contributed by atoms with E-state index in [9.17, 15) is 14.7 Å². The lowest BCUT2D eigenvalue weighted by Crippen LogP contribution is -2.21. The quantitative estimate of drug-likeness (QED) is 0.521. The number of esters is 1. The second-order valence-corrected chi connectivity index (χ2v) is 3.34. The summed E-state index contributed by atoms with van der Waals surface area (Å²) in [5, 5.41) is 17.9. The maximum Gasteiger partial charge on any atom is 0.333 e. The summed E-state index contributed by atoms with van der Waals surface area (Å²) in [6.45, 7) is 6.30. The van der Waals surface area contributed by atoms with Gasteiger partial charge in [0.15, 0.2) is 0 Å². The van der Waals surface area contributed by atoms with Crippen LogP contribution < -0.4 is 0 Å². The number of ether oxygens (including phenoxy) is 1. The molecule has 0 aliphatic carbocycles. The summed E-state index contributed by atoms with van der Waals surface area (Å²) in [5.74, 6) is -1.70. The molecule has 2 N–H and O–H groups in total. The van der Waals surface area contributed by atoms with E-state index >= 15 is 0 Å². The Morgan fingerprint density at radius 3 is 2.50 bits per heavy atom. The number of carboxylic acids is 1. The average Bonchev–Trinajstić information content (AvgIpc) is 2.24. The van der Waals surface area contributed by atoms with Gasteiger partial charge >= 0.3 is 11.9 Å². The van der Waals surface area contributed by atoms with Crippen LogP contribution in [0.3, 0.4) is 0 Å². The number of allylic oxidation sites excluding steroid dienone is 1. The molecule has 0 saturated heterocycles. The van der Waals surface area contributed by atoms with E-state index in [-0.39, 0.29) is 18.6 Å². The number of aliphatic hydroxyl groups is 1. The van der Waals surface area contributed by atoms with Crippen LogP contribution in [0.1, 0.15) is 20.3 Å². The molecule has 0 aromatic rings. The number of carboxylic acid groups (broad SMARTS) is 1. The van der Waals surface area contributed by atoms with Gasteiger partial charge in [0, 0.05) is 17.6 Å². The number of hydrogen-bond donors (Lipinski definition) is 2. The van der Waals surface area contributed by atoms with E-state index in [2.05, 4.69) is 6.58 Å². The smallest absolute Gasteiger partial charge is 0.333 e. The lowest BCUT2D eigenvalue weighted by Gasteiger charge is -2.11. The third-order valence-corrected chi connectivity index (χ3v) is 1.95. The van der Waals surface area contributed by atoms with Crippen LogP contribution in [0.25, 0.3) is 0 Å². The molecule has 16 heavy (non-hydrogen) atoms. The standard InChI is InChI=1S/C11H16O5/c1-4-7(2)11(15)16-6-9(12)5-8(3)10(13)14/h4,9,12H,3,5-6H2,1-2H3,(H,13,14). The van der Waals surface area contributed by atoms with E-state index in [4.69, 9.17) is 9.84 Å². The molecule has 1 atom stereocenters. The van der Waals surface area contributed by atoms with Crippen LogP contribution in [-0.2, 0) is 14.3 Å². The Labute approximate surface area is 94.0 Å². The van der Waals surface area contributed by atoms with Crippen molar-refractivity contribution in [2.45, 2.75) is 26.4 Å². The van der Waals surface area contributed by atoms with Gasteiger partial charge in [0.25, 0.3) is 0 Å². The first-order chi connectivity index (χ1) is 7.38. The molecule has 1 unspecified atom stereocenters. The van der Waals surface area contributed by atoms with Crippen molar-refractivity contribution in [3.05, 3.63) is 23.8 Å². The summed E-state index contributed by atoms with van der Waals surface area (Å²) in [6.07, 6.45) is 0.416. The van der Waals surface area contributed by atoms with Gasteiger partial charge in [-0.15, -0.1) is 0 Å². The maximum atomic E-state index is 11.2. The molecular weight excluding hydrogens is 212 g/mol. The highest BCUT2D eigenvalue weighted by Crippen LogP contribution is 2.05. The largest absolute Gasteiger partial charge is 0.478 e. The van der Waals surface area contributed by atoms with Crippen molar-refractivity contribution in [3.63, 3.8) is 0 Å². The van der Waals surface area contributed by atoms with Crippen LogP contribution in [0.5, 0.6) is 0 Å². The van der Waals surface area contributed by atoms with E-state index in [1.807, 2.05) is 0 Å². The minimum Gasteiger partial charge on any atom is -0.478 e. The normalized spacial score (nSPS) is 13.1. The second-order valence-electron chi connectivity index (χ2n) is 3.34. The highest BCUT2D eigenvalue weighted by molar-refractivity contribution is 5.87. The molecule has 0 aliphatic heterocycles. The Hall–Kier alpha value is -1.62. The SMILES string of the molecule is C=C(CC(O)COC(=O)C(C)=CC)C(=O)O. The number of carbonyl (C=O) groups excluding carboxylic acids is 1. The van der Waals surface area contributed by atoms with Crippen LogP contribution in [0, 0.1) is 0 Å². The van der Waals surface area contributed by atoms with Crippen molar-refractivity contribution in [2.75, 3.05) is 6.61 Å². The third kappa shape index (κ3) is 5.31. The van der Waals surface area contributed by atoms with Crippen molar-refractivity contribution in [1.29, 1.82) is 0 Å². The number of hydrogen-bond acceptors (Lipinski definition) is 4. The molecule has 0 heterocycles. The predicted octanol–water partition coefficient (Wildman–Crippen LogP) is 0.888. The zero-order valence-corrected chi connectivity index (χ0v) is 9.40. The van der Waals surface area contributed by atoms with Crippen LogP contribution >= 0.6 is 0 Å². The molecular formula is C11H16O5. The topological polar surface area (TPSA) is 83.8 Å². The highest BCUT2D eigenvalue weighted by Gasteiger charge is 2.14. The van der Waals surface area contributed by atoms with Crippen molar-refractivity contribution >= 4 is 11.9 Å². The molecule has 0 aliphatic rings. The van der Waals surface area contributed by atoms with E-state index in [0.29, 0.717) is 5.57 Å². The lowest BCUT2D eigenvalue weighted by molar-refractivity contribution is -0.141. The fraction of sp³-hybridized carbons (Fsp3) is 0.455. The second kappa shape index (κ2) is 6.79. The number of carbonyl (C=O) groups is 2. The Balaban J connectivity index is 3.99. The Morgan fingerprint density at radius 2 is 2.06 bits per heavy atom. The number of aliphatic carboxylic acids is 1. The van der Waals surface area contributed by atoms with Crippen molar-refractivity contribution in [2.24, 2.45) is 0 Å². The van der Waals surface area contributed by atoms with Crippen LogP contribution in [0.2, 0.25) is 0 Å². The van der Waals surface area contributed by atoms with Crippen molar-refractivity contribution in [3.8, 4) is 0 Å². The Bertz CT molecular complexity index is 316. The molecule has 0 spiro atoms.